The maximum atomic E-state index is 12.0. The minimum atomic E-state index is -0.834. The van der Waals surface area contributed by atoms with Crippen LogP contribution in [0.5, 0.6) is 0 Å². The maximum Gasteiger partial charge on any atom is 0.320 e. The summed E-state index contributed by atoms with van der Waals surface area (Å²) in [5.74, 6) is 1.59. The Hall–Kier alpha value is -1.74. The summed E-state index contributed by atoms with van der Waals surface area (Å²) in [5, 5.41) is 8.74. The number of urea groups is 1. The van der Waals surface area contributed by atoms with Crippen molar-refractivity contribution in [2.24, 2.45) is 0 Å². The Bertz CT molecular complexity index is 351. The van der Waals surface area contributed by atoms with Gasteiger partial charge in [-0.3, -0.25) is 9.69 Å². The predicted molar refractivity (Wildman–Crippen MR) is 67.1 cm³/mol. The van der Waals surface area contributed by atoms with Crippen molar-refractivity contribution in [3.63, 3.8) is 0 Å². The fraction of sp³-hybridized carbons (Fsp3) is 0.667. The molecule has 18 heavy (non-hydrogen) atoms. The molecule has 0 aromatic carbocycles. The summed E-state index contributed by atoms with van der Waals surface area (Å²) in [4.78, 5) is 27.7. The van der Waals surface area contributed by atoms with Crippen LogP contribution in [0.4, 0.5) is 4.79 Å². The summed E-state index contributed by atoms with van der Waals surface area (Å²) >= 11 is 0. The zero-order chi connectivity index (χ0) is 13.5. The smallest absolute Gasteiger partial charge is 0.320 e. The van der Waals surface area contributed by atoms with Gasteiger partial charge < -0.3 is 14.9 Å². The molecule has 0 aliphatic carbocycles. The van der Waals surface area contributed by atoms with Crippen molar-refractivity contribution >= 4 is 12.0 Å². The van der Waals surface area contributed by atoms with Gasteiger partial charge in [0.15, 0.2) is 0 Å². The molecule has 1 fully saturated rings. The molecule has 1 N–H and O–H groups in total. The number of aliphatic carboxylic acids is 1. The largest absolute Gasteiger partial charge is 0.480 e. The topological polar surface area (TPSA) is 64.1 Å². The molecule has 1 saturated heterocycles. The molecule has 1 aliphatic heterocycles. The molecule has 0 spiro atoms. The maximum absolute atomic E-state index is 12.0. The Morgan fingerprint density at radius 2 is 2.06 bits per heavy atom. The Morgan fingerprint density at radius 1 is 1.33 bits per heavy atom. The van der Waals surface area contributed by atoms with Crippen molar-refractivity contribution in [3.05, 3.63) is 0 Å². The summed E-state index contributed by atoms with van der Waals surface area (Å²) in [6.45, 7) is 2.79. The molecule has 0 bridgehead atoms. The lowest BCUT2D eigenvalue weighted by atomic mass is 10.4. The van der Waals surface area contributed by atoms with Gasteiger partial charge in [-0.05, 0) is 6.42 Å². The minimum Gasteiger partial charge on any atom is -0.480 e. The summed E-state index contributed by atoms with van der Waals surface area (Å²) in [6.07, 6.45) is 5.95. The number of hydrogen-bond acceptors (Lipinski definition) is 3. The van der Waals surface area contributed by atoms with E-state index in [1.54, 1.807) is 11.9 Å². The van der Waals surface area contributed by atoms with E-state index in [0.717, 1.165) is 6.42 Å². The van der Waals surface area contributed by atoms with Gasteiger partial charge in [-0.15, -0.1) is 6.42 Å². The molecular weight excluding hydrogens is 234 g/mol. The quantitative estimate of drug-likeness (QED) is 0.705. The minimum absolute atomic E-state index is 0.0300. The molecule has 0 unspecified atom stereocenters. The van der Waals surface area contributed by atoms with Gasteiger partial charge in [0.25, 0.3) is 0 Å². The van der Waals surface area contributed by atoms with E-state index in [0.29, 0.717) is 26.2 Å². The van der Waals surface area contributed by atoms with Gasteiger partial charge in [0.05, 0.1) is 13.1 Å². The summed E-state index contributed by atoms with van der Waals surface area (Å²) in [6, 6.07) is -0.0925. The van der Waals surface area contributed by atoms with Crippen molar-refractivity contribution in [3.8, 4) is 12.3 Å². The SMILES string of the molecule is C#CCN(C)C(=O)N1CCCN(CC(=O)O)CC1. The van der Waals surface area contributed by atoms with Crippen molar-refractivity contribution in [1.82, 2.24) is 14.7 Å². The van der Waals surface area contributed by atoms with E-state index in [1.807, 2.05) is 4.90 Å². The summed E-state index contributed by atoms with van der Waals surface area (Å²) in [5.41, 5.74) is 0. The second-order valence-electron chi connectivity index (χ2n) is 4.35. The lowest BCUT2D eigenvalue weighted by Gasteiger charge is -2.26. The fourth-order valence-electron chi connectivity index (χ4n) is 1.96. The second kappa shape index (κ2) is 6.87. The molecule has 0 saturated carbocycles. The number of terminal acetylenes is 1. The third-order valence-corrected chi connectivity index (χ3v) is 2.87. The predicted octanol–water partition coefficient (Wildman–Crippen LogP) is -0.236. The zero-order valence-corrected chi connectivity index (χ0v) is 10.6. The third-order valence-electron chi connectivity index (χ3n) is 2.87. The first-order valence-corrected chi connectivity index (χ1v) is 5.92. The van der Waals surface area contributed by atoms with Gasteiger partial charge in [-0.25, -0.2) is 4.79 Å². The molecule has 1 rings (SSSR count). The number of carboxylic acid groups (broad SMARTS) is 1. The van der Waals surface area contributed by atoms with E-state index in [9.17, 15) is 9.59 Å². The average molecular weight is 253 g/mol. The Morgan fingerprint density at radius 3 is 2.67 bits per heavy atom. The van der Waals surface area contributed by atoms with Gasteiger partial charge in [0, 0.05) is 33.2 Å². The van der Waals surface area contributed by atoms with Crippen LogP contribution in [-0.2, 0) is 4.79 Å². The Balaban J connectivity index is 2.49. The van der Waals surface area contributed by atoms with Gasteiger partial charge >= 0.3 is 12.0 Å². The highest BCUT2D eigenvalue weighted by Gasteiger charge is 2.22. The molecule has 0 aromatic heterocycles. The van der Waals surface area contributed by atoms with Crippen LogP contribution in [0, 0.1) is 12.3 Å². The number of carboxylic acids is 1. The van der Waals surface area contributed by atoms with Crippen LogP contribution in [0.2, 0.25) is 0 Å². The number of amides is 2. The lowest BCUT2D eigenvalue weighted by molar-refractivity contribution is -0.138. The molecule has 6 heteroatoms. The number of hydrogen-bond donors (Lipinski definition) is 1. The first kappa shape index (κ1) is 14.3. The molecular formula is C12H19N3O3. The van der Waals surface area contributed by atoms with E-state index in [4.69, 9.17) is 11.5 Å². The van der Waals surface area contributed by atoms with Crippen LogP contribution in [-0.4, -0.2) is 78.1 Å². The molecule has 2 amide bonds. The van der Waals surface area contributed by atoms with Crippen LogP contribution in [0.3, 0.4) is 0 Å². The number of rotatable bonds is 3. The summed E-state index contributed by atoms with van der Waals surface area (Å²) in [7, 11) is 1.67. The lowest BCUT2D eigenvalue weighted by Crippen LogP contribution is -2.43. The molecule has 0 atom stereocenters. The Labute approximate surface area is 107 Å². The molecule has 100 valence electrons. The highest BCUT2D eigenvalue weighted by molar-refractivity contribution is 5.74. The molecule has 0 radical (unpaired) electrons. The van der Waals surface area contributed by atoms with Gasteiger partial charge in [0.1, 0.15) is 0 Å². The molecule has 0 aromatic rings. The van der Waals surface area contributed by atoms with Crippen molar-refractivity contribution in [1.29, 1.82) is 0 Å². The van der Waals surface area contributed by atoms with Crippen molar-refractivity contribution in [2.45, 2.75) is 6.42 Å². The van der Waals surface area contributed by atoms with Gasteiger partial charge in [-0.1, -0.05) is 5.92 Å². The zero-order valence-electron chi connectivity index (χ0n) is 10.6. The molecule has 6 nitrogen and oxygen atoms in total. The number of nitrogens with zero attached hydrogens (tertiary/aromatic N) is 3. The monoisotopic (exact) mass is 253 g/mol. The highest BCUT2D eigenvalue weighted by Crippen LogP contribution is 2.05. The van der Waals surface area contributed by atoms with E-state index >= 15 is 0 Å². The first-order valence-electron chi connectivity index (χ1n) is 5.92. The van der Waals surface area contributed by atoms with Gasteiger partial charge in [-0.2, -0.15) is 0 Å². The number of carbonyl (C=O) groups is 2. The van der Waals surface area contributed by atoms with Crippen LogP contribution in [0.15, 0.2) is 0 Å². The third kappa shape index (κ3) is 4.26. The standard InChI is InChI=1S/C12H19N3O3/c1-3-5-13(2)12(18)15-7-4-6-14(8-9-15)10-11(16)17/h1H,4-10H2,2H3,(H,16,17). The van der Waals surface area contributed by atoms with Crippen LogP contribution >= 0.6 is 0 Å². The van der Waals surface area contributed by atoms with E-state index in [1.165, 1.54) is 4.90 Å². The van der Waals surface area contributed by atoms with Crippen molar-refractivity contribution in [2.75, 3.05) is 46.3 Å². The van der Waals surface area contributed by atoms with E-state index < -0.39 is 5.97 Å². The first-order chi connectivity index (χ1) is 8.54. The number of carbonyl (C=O) groups excluding carboxylic acids is 1. The molecule has 1 heterocycles. The van der Waals surface area contributed by atoms with Gasteiger partial charge in [0.2, 0.25) is 0 Å². The van der Waals surface area contributed by atoms with Crippen LogP contribution < -0.4 is 0 Å². The Kier molecular flexibility index (Phi) is 5.46. The van der Waals surface area contributed by atoms with Crippen LogP contribution in [0.1, 0.15) is 6.42 Å². The second-order valence-corrected chi connectivity index (χ2v) is 4.35. The molecule has 1 aliphatic rings. The van der Waals surface area contributed by atoms with E-state index in [-0.39, 0.29) is 19.1 Å². The van der Waals surface area contributed by atoms with E-state index in [2.05, 4.69) is 5.92 Å². The van der Waals surface area contributed by atoms with Crippen molar-refractivity contribution < 1.29 is 14.7 Å². The highest BCUT2D eigenvalue weighted by atomic mass is 16.4. The fourth-order valence-corrected chi connectivity index (χ4v) is 1.96. The summed E-state index contributed by atoms with van der Waals surface area (Å²) < 4.78 is 0. The normalized spacial score (nSPS) is 16.8. The average Bonchev–Trinajstić information content (AvgIpc) is 2.53. The van der Waals surface area contributed by atoms with Crippen LogP contribution in [0.25, 0.3) is 0 Å².